The van der Waals surface area contributed by atoms with Crippen LogP contribution in [-0.2, 0) is 62.8 Å². The first kappa shape index (κ1) is 117. The Morgan fingerprint density at radius 1 is 0.377 bits per heavy atom. The molecule has 0 bridgehead atoms. The number of aromatic nitrogens is 6. The van der Waals surface area contributed by atoms with Crippen LogP contribution in [0, 0.1) is 47.8 Å². The highest BCUT2D eigenvalue weighted by Gasteiger charge is 2.53. The number of pyridine rings is 6. The number of hydrogen-bond donors (Lipinski definition) is 6. The number of aryl methyl sites for hydroxylation is 1. The maximum absolute atomic E-state index is 13.8. The zero-order valence-corrected chi connectivity index (χ0v) is 86.1. The van der Waals surface area contributed by atoms with Gasteiger partial charge in [0.05, 0.1) is 134 Å². The minimum absolute atomic E-state index is 0.0370. The fourth-order valence-corrected chi connectivity index (χ4v) is 18.4. The number of hydrogen-bond acceptors (Lipinski definition) is 21. The lowest BCUT2D eigenvalue weighted by molar-refractivity contribution is -0.112. The lowest BCUT2D eigenvalue weighted by Crippen LogP contribution is -2.32. The van der Waals surface area contributed by atoms with Crippen molar-refractivity contribution in [2.24, 2.45) is 40.9 Å². The van der Waals surface area contributed by atoms with Crippen LogP contribution in [0.4, 0.5) is 69.6 Å². The average molecular weight is 2040 g/mol. The molecule has 8 aliphatic carbocycles. The molecule has 0 aromatic carbocycles. The molecule has 0 saturated heterocycles. The van der Waals surface area contributed by atoms with Crippen molar-refractivity contribution in [3.63, 3.8) is 0 Å². The number of nitrogens with one attached hydrogen (secondary N) is 6. The van der Waals surface area contributed by atoms with Crippen molar-refractivity contribution in [1.29, 1.82) is 0 Å². The molecule has 0 unspecified atom stereocenters. The summed E-state index contributed by atoms with van der Waals surface area (Å²) in [6.45, 7) is 29.7. The first-order valence-electron chi connectivity index (χ1n) is 49.7. The van der Waals surface area contributed by atoms with Crippen LogP contribution in [0.15, 0.2) is 155 Å². The zero-order valence-electron chi connectivity index (χ0n) is 86.1. The van der Waals surface area contributed by atoms with Crippen LogP contribution in [-0.4, -0.2) is 155 Å². The van der Waals surface area contributed by atoms with Crippen LogP contribution in [0.25, 0.3) is 18.2 Å². The van der Waals surface area contributed by atoms with E-state index in [1.165, 1.54) is 88.8 Å². The molecule has 27 nitrogen and oxygen atoms in total. The Balaban J connectivity index is 0.000000195. The second-order valence-corrected chi connectivity index (χ2v) is 39.1. The quantitative estimate of drug-likeness (QED) is 0.0156. The minimum atomic E-state index is -2.63. The van der Waals surface area contributed by atoms with E-state index in [0.29, 0.717) is 201 Å². The summed E-state index contributed by atoms with van der Waals surface area (Å²) in [4.78, 5) is 94.1. The van der Waals surface area contributed by atoms with Crippen LogP contribution in [0.3, 0.4) is 0 Å². The van der Waals surface area contributed by atoms with Gasteiger partial charge in [0.2, 0.25) is 70.9 Å². The number of anilines is 6. The summed E-state index contributed by atoms with van der Waals surface area (Å²) in [7, 11) is 9.38. The summed E-state index contributed by atoms with van der Waals surface area (Å²) in [5, 5.41) is 16.0. The zero-order chi connectivity index (χ0) is 107. The number of ether oxygens (including phenoxy) is 9. The number of alkyl halides is 8. The molecule has 146 heavy (non-hydrogen) atoms. The van der Waals surface area contributed by atoms with Gasteiger partial charge < -0.3 is 74.5 Å². The first-order valence-corrected chi connectivity index (χ1v) is 49.7. The molecular weight excluding hydrogens is 1890 g/mol. The van der Waals surface area contributed by atoms with Crippen LogP contribution in [0.1, 0.15) is 252 Å². The Morgan fingerprint density at radius 3 is 1.06 bits per heavy atom. The molecule has 35 heteroatoms. The SMILES string of the molecule is C=CC(=O)Nc1cc(/C=C/C2CCC(C(C)(F)F)CC2)c(OC)c(C)n1.C=CC(=O)Nc1cc(/C=C/C2CCC(C(C)(F)F)CC2)c(OC)c(C2CC2)n1.C=CC(=O)Nc1cc(/C=C/C2CCC(C)(F)CC2)c(OC)cn1.C=CC(=O)Nc1cnc(OC)c(COC2CC3(CC3)C2)c1.C=CC(=O)Nc1cnc(OC)c(COC2CCC(C(C)(F)F)CC2)c1.C=CC(=O)Nc1cnc(OC)c(COC2CCC(C)(F)CC2)c1. The second-order valence-electron chi connectivity index (χ2n) is 39.1. The third kappa shape index (κ3) is 37.8. The molecule has 8 aliphatic rings. The lowest BCUT2D eigenvalue weighted by atomic mass is 9.79. The molecule has 6 N–H and O–H groups in total. The molecular formula is C111H144F8N12O15. The van der Waals surface area contributed by atoms with E-state index < -0.39 is 46.9 Å². The van der Waals surface area contributed by atoms with Crippen molar-refractivity contribution in [1.82, 2.24) is 29.9 Å². The molecule has 8 fully saturated rings. The van der Waals surface area contributed by atoms with Gasteiger partial charge in [-0.15, -0.1) is 0 Å². The van der Waals surface area contributed by atoms with Crippen molar-refractivity contribution < 1.29 is 107 Å². The monoisotopic (exact) mass is 2040 g/mol. The van der Waals surface area contributed by atoms with Crippen molar-refractivity contribution in [2.45, 2.75) is 282 Å². The van der Waals surface area contributed by atoms with Gasteiger partial charge in [0.1, 0.15) is 46.0 Å². The molecule has 0 aliphatic heterocycles. The minimum Gasteiger partial charge on any atom is -0.495 e. The molecule has 1 spiro atoms. The van der Waals surface area contributed by atoms with E-state index in [2.05, 4.69) is 113 Å². The third-order valence-corrected chi connectivity index (χ3v) is 27.5. The van der Waals surface area contributed by atoms with Crippen LogP contribution >= 0.6 is 0 Å². The average Bonchev–Trinajstić information content (AvgIpc) is 1.60. The van der Waals surface area contributed by atoms with Crippen molar-refractivity contribution in [3.8, 4) is 34.9 Å². The van der Waals surface area contributed by atoms with Crippen LogP contribution < -0.4 is 60.3 Å². The maximum atomic E-state index is 13.8. The Hall–Kier alpha value is -12.5. The fraction of sp³-hybridized carbons (Fsp3) is 0.514. The smallest absolute Gasteiger partial charge is 0.248 e. The van der Waals surface area contributed by atoms with E-state index >= 15 is 0 Å². The van der Waals surface area contributed by atoms with Gasteiger partial charge in [-0.25, -0.2) is 65.0 Å². The summed E-state index contributed by atoms with van der Waals surface area (Å²) in [5.74, 6) is -5.34. The van der Waals surface area contributed by atoms with Crippen molar-refractivity contribution in [2.75, 3.05) is 74.6 Å². The molecule has 6 aromatic rings. The predicted molar refractivity (Wildman–Crippen MR) is 552 cm³/mol. The Kier molecular flexibility index (Phi) is 44.4. The molecule has 6 amide bonds. The van der Waals surface area contributed by atoms with Gasteiger partial charge in [0, 0.05) is 57.1 Å². The maximum Gasteiger partial charge on any atom is 0.248 e. The topological polar surface area (TPSA) is 335 Å². The van der Waals surface area contributed by atoms with E-state index in [0.717, 1.165) is 111 Å². The van der Waals surface area contributed by atoms with E-state index in [-0.39, 0.29) is 66.1 Å². The molecule has 794 valence electrons. The van der Waals surface area contributed by atoms with Gasteiger partial charge in [-0.1, -0.05) is 75.9 Å². The van der Waals surface area contributed by atoms with E-state index in [4.69, 9.17) is 42.6 Å². The van der Waals surface area contributed by atoms with Crippen LogP contribution in [0.2, 0.25) is 0 Å². The number of nitrogens with zero attached hydrogens (tertiary/aromatic N) is 6. The van der Waals surface area contributed by atoms with E-state index in [1.54, 1.807) is 91.9 Å². The van der Waals surface area contributed by atoms with Gasteiger partial charge in [-0.2, -0.15) is 0 Å². The molecule has 14 rings (SSSR count). The highest BCUT2D eigenvalue weighted by atomic mass is 19.3. The third-order valence-electron chi connectivity index (χ3n) is 27.5. The van der Waals surface area contributed by atoms with Gasteiger partial charge >= 0.3 is 0 Å². The molecule has 6 aromatic heterocycles. The molecule has 8 saturated carbocycles. The highest BCUT2D eigenvalue weighted by molar-refractivity contribution is 6.01. The first-order chi connectivity index (χ1) is 69.4. The number of methoxy groups -OCH3 is 6. The second kappa shape index (κ2) is 55.3. The van der Waals surface area contributed by atoms with E-state index in [9.17, 15) is 63.9 Å². The number of halogens is 8. The number of amides is 6. The van der Waals surface area contributed by atoms with Gasteiger partial charge in [0.15, 0.2) is 0 Å². The molecule has 0 atom stereocenters. The number of carbonyl (C=O) groups is 6. The number of carbonyl (C=O) groups excluding carboxylic acids is 6. The predicted octanol–water partition coefficient (Wildman–Crippen LogP) is 24.7. The molecule has 6 heterocycles. The van der Waals surface area contributed by atoms with E-state index in [1.807, 2.05) is 30.4 Å². The van der Waals surface area contributed by atoms with Crippen molar-refractivity contribution >= 4 is 88.2 Å². The lowest BCUT2D eigenvalue weighted by Gasteiger charge is -2.35. The van der Waals surface area contributed by atoms with Crippen LogP contribution in [0.5, 0.6) is 34.9 Å². The van der Waals surface area contributed by atoms with Crippen molar-refractivity contribution in [3.05, 3.63) is 200 Å². The number of rotatable bonds is 37. The summed E-state index contributed by atoms with van der Waals surface area (Å²) in [6, 6.07) is 10.6. The molecule has 0 radical (unpaired) electrons. The fourth-order valence-electron chi connectivity index (χ4n) is 18.4. The summed E-state index contributed by atoms with van der Waals surface area (Å²) in [6.07, 6.45) is 45.5. The highest BCUT2D eigenvalue weighted by Crippen LogP contribution is 2.62. The van der Waals surface area contributed by atoms with Gasteiger partial charge in [-0.3, -0.25) is 28.8 Å². The van der Waals surface area contributed by atoms with Gasteiger partial charge in [-0.05, 0) is 305 Å². The number of allylic oxidation sites excluding steroid dienone is 3. The Labute approximate surface area is 852 Å². The summed E-state index contributed by atoms with van der Waals surface area (Å²) >= 11 is 0. The van der Waals surface area contributed by atoms with Gasteiger partial charge in [0.25, 0.3) is 0 Å². The summed E-state index contributed by atoms with van der Waals surface area (Å²) in [5.41, 5.74) is 6.47. The normalized spacial score (nSPS) is 22.0. The Bertz CT molecular complexity index is 5500. The summed E-state index contributed by atoms with van der Waals surface area (Å²) < 4.78 is 158. The Morgan fingerprint density at radius 2 is 0.705 bits per heavy atom. The standard InChI is InChI=1S/C22H28F2N2O2.C20H26F2N2O2.C18H24F2N2O3.C18H23FN2O2.C17H23FN2O3.C16H20N2O3/c1-4-19(27)25-18-13-16(21(28-3)20(26-18)15-9-10-15)8-5-14-6-11-17(12-7-14)22(2,23)24;1-5-18(25)24-17-12-15(19(26-4)13(2)23-17)9-6-14-7-10-16(11-8-14)20(3,21)22;1-4-16(23)22-14-9-12(17(24-3)21-10-14)11-25-15-7-5-13(6-8-15)18(2,19)20;1-4-17(22)21-16-11-14(15(23-3)12-20-16)6-5-13-7-9-18(2,19)10-8-13;1-4-15(21)20-13-9-12(16(22-3)19-10-13)11-23-14-5-7-17(2,18)8-6-14;1-3-14(19)18-12-6-11(15(20-2)17-9-12)10-21-13-7-16(8-13)4-5-16/h4-5,8,13-15,17H,1,6-7,9-12H2,2-3H3,(H,25,26,27);5-6,9,12,14,16H,1,7-8,10-11H2,2-4H3,(H,23,24,25);4,9-10,13,15H,1,5-8,11H2,2-3H3,(H,22,23);4-6,11-13H,1,7-10H2,2-3H3,(H,20,21,22);4,9-10,14H,1,5-8,11H2,2-3H3,(H,20,21);3,6,9,13H,1,4-5,7-8,10H2,2H3,(H,18,19)/b8-5+;9-6+;;6-5+;;. The largest absolute Gasteiger partial charge is 0.495 e.